The van der Waals surface area contributed by atoms with Crippen LogP contribution in [0.25, 0.3) is 16.7 Å². The zero-order valence-corrected chi connectivity index (χ0v) is 14.0. The molecule has 0 aliphatic rings. The van der Waals surface area contributed by atoms with Crippen molar-refractivity contribution in [3.63, 3.8) is 0 Å². The molecule has 1 atom stereocenters. The number of aromatic amines is 1. The Morgan fingerprint density at radius 3 is 2.96 bits per heavy atom. The third-order valence-electron chi connectivity index (χ3n) is 3.89. The van der Waals surface area contributed by atoms with Gasteiger partial charge in [0.15, 0.2) is 5.78 Å². The second-order valence-electron chi connectivity index (χ2n) is 5.55. The second kappa shape index (κ2) is 5.76. The van der Waals surface area contributed by atoms with E-state index in [1.165, 1.54) is 11.8 Å². The highest BCUT2D eigenvalue weighted by Gasteiger charge is 2.23. The number of ketones is 1. The first-order valence-corrected chi connectivity index (χ1v) is 8.47. The minimum Gasteiger partial charge on any atom is -0.358 e. The molecule has 1 aromatic carbocycles. The van der Waals surface area contributed by atoms with Crippen molar-refractivity contribution in [1.29, 1.82) is 0 Å². The van der Waals surface area contributed by atoms with Gasteiger partial charge < -0.3 is 4.98 Å². The molecule has 3 aromatic heterocycles. The molecule has 0 saturated heterocycles. The molecule has 120 valence electrons. The maximum absolute atomic E-state index is 12.9. The summed E-state index contributed by atoms with van der Waals surface area (Å²) in [6.07, 6.45) is 3.46. The van der Waals surface area contributed by atoms with Gasteiger partial charge in [0.25, 0.3) is 5.78 Å². The van der Waals surface area contributed by atoms with Gasteiger partial charge in [0.2, 0.25) is 5.16 Å². The smallest absolute Gasteiger partial charge is 0.253 e. The lowest BCUT2D eigenvalue weighted by molar-refractivity contribution is 0.0995. The number of aryl methyl sites for hydroxylation is 1. The molecule has 4 aromatic rings. The first kappa shape index (κ1) is 14.9. The number of hydrogen-bond acceptors (Lipinski definition) is 5. The Morgan fingerprint density at radius 2 is 2.12 bits per heavy atom. The van der Waals surface area contributed by atoms with Crippen molar-refractivity contribution in [2.75, 3.05) is 0 Å². The number of carbonyl (C=O) groups excluding carboxylic acids is 1. The molecule has 4 rings (SSSR count). The molecule has 1 unspecified atom stereocenters. The Labute approximate surface area is 142 Å². The van der Waals surface area contributed by atoms with Gasteiger partial charge >= 0.3 is 0 Å². The van der Waals surface area contributed by atoms with Crippen LogP contribution in [-0.2, 0) is 0 Å². The lowest BCUT2D eigenvalue weighted by Crippen LogP contribution is -2.14. The SMILES string of the molecule is Cc1[nH]c2ccccc2c1C(=O)C(C)Sc1nc2ncccn2n1. The average molecular weight is 337 g/mol. The molecule has 7 heteroatoms. The number of fused-ring (bicyclic) bond motifs is 2. The summed E-state index contributed by atoms with van der Waals surface area (Å²) in [4.78, 5) is 24.7. The summed E-state index contributed by atoms with van der Waals surface area (Å²) >= 11 is 1.35. The third-order valence-corrected chi connectivity index (χ3v) is 4.84. The van der Waals surface area contributed by atoms with Crippen LogP contribution in [0.2, 0.25) is 0 Å². The Kier molecular flexibility index (Phi) is 3.57. The van der Waals surface area contributed by atoms with Crippen molar-refractivity contribution in [2.45, 2.75) is 24.3 Å². The number of hydrogen-bond donors (Lipinski definition) is 1. The molecule has 0 bridgehead atoms. The van der Waals surface area contributed by atoms with Crippen molar-refractivity contribution in [2.24, 2.45) is 0 Å². The predicted molar refractivity (Wildman–Crippen MR) is 93.5 cm³/mol. The first-order valence-electron chi connectivity index (χ1n) is 7.59. The lowest BCUT2D eigenvalue weighted by Gasteiger charge is -2.08. The van der Waals surface area contributed by atoms with Crippen LogP contribution >= 0.6 is 11.8 Å². The third kappa shape index (κ3) is 2.46. The van der Waals surface area contributed by atoms with E-state index in [1.807, 2.05) is 38.1 Å². The van der Waals surface area contributed by atoms with E-state index in [4.69, 9.17) is 0 Å². The molecule has 3 heterocycles. The van der Waals surface area contributed by atoms with E-state index in [0.29, 0.717) is 10.9 Å². The van der Waals surface area contributed by atoms with Crippen LogP contribution in [0.3, 0.4) is 0 Å². The second-order valence-corrected chi connectivity index (χ2v) is 6.86. The van der Waals surface area contributed by atoms with E-state index in [1.54, 1.807) is 23.0 Å². The molecule has 0 fully saturated rings. The van der Waals surface area contributed by atoms with Gasteiger partial charge in [-0.15, -0.1) is 5.10 Å². The van der Waals surface area contributed by atoms with Crippen LogP contribution in [0.5, 0.6) is 0 Å². The number of Topliss-reactive ketones (excluding diaryl/α,β-unsaturated/α-hetero) is 1. The van der Waals surface area contributed by atoms with Crippen LogP contribution in [0.15, 0.2) is 47.9 Å². The number of carbonyl (C=O) groups is 1. The van der Waals surface area contributed by atoms with Gasteiger partial charge in [-0.05, 0) is 26.0 Å². The number of para-hydroxylation sites is 1. The van der Waals surface area contributed by atoms with E-state index in [0.717, 1.165) is 22.2 Å². The Morgan fingerprint density at radius 1 is 1.29 bits per heavy atom. The fourth-order valence-electron chi connectivity index (χ4n) is 2.77. The van der Waals surface area contributed by atoms with E-state index < -0.39 is 0 Å². The van der Waals surface area contributed by atoms with Crippen LogP contribution < -0.4 is 0 Å². The Hall–Kier alpha value is -2.67. The predicted octanol–water partition coefficient (Wildman–Crippen LogP) is 3.28. The van der Waals surface area contributed by atoms with E-state index in [2.05, 4.69) is 20.1 Å². The highest BCUT2D eigenvalue weighted by atomic mass is 32.2. The zero-order chi connectivity index (χ0) is 16.7. The summed E-state index contributed by atoms with van der Waals surface area (Å²) in [7, 11) is 0. The highest BCUT2D eigenvalue weighted by molar-refractivity contribution is 8.00. The summed E-state index contributed by atoms with van der Waals surface area (Å²) < 4.78 is 1.61. The van der Waals surface area contributed by atoms with Crippen molar-refractivity contribution in [3.05, 3.63) is 54.0 Å². The molecule has 24 heavy (non-hydrogen) atoms. The molecule has 0 aliphatic carbocycles. The number of nitrogens with zero attached hydrogens (tertiary/aromatic N) is 4. The normalized spacial score (nSPS) is 12.8. The summed E-state index contributed by atoms with van der Waals surface area (Å²) in [5.74, 6) is 0.602. The number of thioether (sulfide) groups is 1. The van der Waals surface area contributed by atoms with Crippen LogP contribution in [-0.4, -0.2) is 35.6 Å². The number of aromatic nitrogens is 5. The molecular formula is C17H15N5OS. The molecule has 0 aliphatic heterocycles. The fraction of sp³-hybridized carbons (Fsp3) is 0.176. The van der Waals surface area contributed by atoms with Crippen LogP contribution in [0.1, 0.15) is 23.0 Å². The van der Waals surface area contributed by atoms with Gasteiger partial charge in [0.05, 0.1) is 5.25 Å². The number of rotatable bonds is 4. The zero-order valence-electron chi connectivity index (χ0n) is 13.2. The summed E-state index contributed by atoms with van der Waals surface area (Å²) in [6.45, 7) is 3.81. The van der Waals surface area contributed by atoms with Gasteiger partial charge in [-0.3, -0.25) is 4.79 Å². The summed E-state index contributed by atoms with van der Waals surface area (Å²) in [6, 6.07) is 9.64. The quantitative estimate of drug-likeness (QED) is 0.457. The standard InChI is InChI=1S/C17H15N5OS/c1-10-14(12-6-3-4-7-13(12)19-10)15(23)11(2)24-17-20-16-18-8-5-9-22(16)21-17/h3-9,11,19H,1-2H3. The summed E-state index contributed by atoms with van der Waals surface area (Å²) in [5.41, 5.74) is 2.61. The lowest BCUT2D eigenvalue weighted by atomic mass is 10.1. The Bertz CT molecular complexity index is 1020. The minimum absolute atomic E-state index is 0.0711. The van der Waals surface area contributed by atoms with E-state index >= 15 is 0 Å². The van der Waals surface area contributed by atoms with Gasteiger partial charge in [-0.25, -0.2) is 9.50 Å². The van der Waals surface area contributed by atoms with E-state index in [9.17, 15) is 4.79 Å². The molecule has 0 saturated carbocycles. The first-order chi connectivity index (χ1) is 11.6. The van der Waals surface area contributed by atoms with Gasteiger partial charge in [-0.2, -0.15) is 4.98 Å². The van der Waals surface area contributed by atoms with E-state index in [-0.39, 0.29) is 11.0 Å². The fourth-order valence-corrected chi connectivity index (χ4v) is 3.58. The monoisotopic (exact) mass is 337 g/mol. The van der Waals surface area contributed by atoms with Crippen LogP contribution in [0.4, 0.5) is 0 Å². The number of nitrogens with one attached hydrogen (secondary N) is 1. The van der Waals surface area contributed by atoms with Gasteiger partial charge in [-0.1, -0.05) is 30.0 Å². The van der Waals surface area contributed by atoms with Gasteiger partial charge in [0.1, 0.15) is 0 Å². The minimum atomic E-state index is -0.291. The topological polar surface area (TPSA) is 75.9 Å². The average Bonchev–Trinajstić information content (AvgIpc) is 3.13. The van der Waals surface area contributed by atoms with Crippen molar-refractivity contribution >= 4 is 34.2 Å². The number of H-pyrrole nitrogens is 1. The maximum atomic E-state index is 12.9. The molecule has 6 nitrogen and oxygen atoms in total. The molecule has 0 amide bonds. The van der Waals surface area contributed by atoms with Crippen molar-refractivity contribution in [1.82, 2.24) is 24.6 Å². The Balaban J connectivity index is 1.64. The maximum Gasteiger partial charge on any atom is 0.253 e. The largest absolute Gasteiger partial charge is 0.358 e. The van der Waals surface area contributed by atoms with Crippen molar-refractivity contribution in [3.8, 4) is 0 Å². The summed E-state index contributed by atoms with van der Waals surface area (Å²) in [5, 5.41) is 5.56. The molecular weight excluding hydrogens is 322 g/mol. The number of benzene rings is 1. The highest BCUT2D eigenvalue weighted by Crippen LogP contribution is 2.28. The van der Waals surface area contributed by atoms with Crippen LogP contribution in [0, 0.1) is 6.92 Å². The molecule has 0 spiro atoms. The van der Waals surface area contributed by atoms with Gasteiger partial charge in [0, 0.05) is 34.6 Å². The molecule has 0 radical (unpaired) electrons. The van der Waals surface area contributed by atoms with Crippen molar-refractivity contribution < 1.29 is 4.79 Å². The molecule has 1 N–H and O–H groups in total.